The Balaban J connectivity index is 2.08. The minimum Gasteiger partial charge on any atom is -0.324 e. The van der Waals surface area contributed by atoms with Crippen LogP contribution in [0, 0.1) is 11.8 Å². The third kappa shape index (κ3) is 3.78. The number of allylic oxidation sites excluding steroid dienone is 1. The fourth-order valence-electron chi connectivity index (χ4n) is 3.21. The van der Waals surface area contributed by atoms with E-state index in [9.17, 15) is 4.79 Å². The molecule has 0 radical (unpaired) electrons. The number of carbonyl (C=O) groups is 1. The lowest BCUT2D eigenvalue weighted by Crippen LogP contribution is -2.39. The molecule has 0 saturated heterocycles. The van der Waals surface area contributed by atoms with Crippen molar-refractivity contribution in [3.8, 4) is 11.8 Å². The summed E-state index contributed by atoms with van der Waals surface area (Å²) in [6, 6.07) is 23.7. The lowest BCUT2D eigenvalue weighted by Gasteiger charge is -2.27. The predicted octanol–water partition coefficient (Wildman–Crippen LogP) is 5.71. The van der Waals surface area contributed by atoms with Gasteiger partial charge in [-0.25, -0.2) is 0 Å². The van der Waals surface area contributed by atoms with Gasteiger partial charge in [0.05, 0.1) is 0 Å². The Morgan fingerprint density at radius 1 is 1.00 bits per heavy atom. The van der Waals surface area contributed by atoms with Crippen LogP contribution in [0.15, 0.2) is 84.9 Å². The van der Waals surface area contributed by atoms with Gasteiger partial charge in [0.2, 0.25) is 5.91 Å². The highest BCUT2D eigenvalue weighted by Gasteiger charge is 2.37. The van der Waals surface area contributed by atoms with Crippen LogP contribution in [-0.2, 0) is 10.2 Å². The average Bonchev–Trinajstić information content (AvgIpc) is 2.70. The van der Waals surface area contributed by atoms with E-state index in [0.29, 0.717) is 6.42 Å². The molecule has 3 aromatic rings. The SMILES string of the molecule is C=C(C)C#C[C@@](CC)(C(=O)Nc1cccc2ccccc12)c1ccccc1. The Kier molecular flexibility index (Phi) is 5.43. The van der Waals surface area contributed by atoms with E-state index >= 15 is 0 Å². The molecule has 0 saturated carbocycles. The molecule has 0 aliphatic rings. The first-order valence-corrected chi connectivity index (χ1v) is 9.10. The van der Waals surface area contributed by atoms with E-state index in [1.54, 1.807) is 0 Å². The van der Waals surface area contributed by atoms with Crippen molar-refractivity contribution in [2.24, 2.45) is 0 Å². The highest BCUT2D eigenvalue weighted by Crippen LogP contribution is 2.31. The van der Waals surface area contributed by atoms with Crippen LogP contribution in [0.25, 0.3) is 10.8 Å². The molecule has 1 N–H and O–H groups in total. The molecule has 0 aliphatic heterocycles. The standard InChI is InChI=1S/C25H23NO/c1-4-25(18-17-19(2)3,21-13-6-5-7-14-21)24(27)26-23-16-10-12-20-11-8-9-15-22(20)23/h5-16H,2,4H2,1,3H3,(H,26,27)/t25-/m1/s1. The molecule has 0 spiro atoms. The van der Waals surface area contributed by atoms with Gasteiger partial charge >= 0.3 is 0 Å². The summed E-state index contributed by atoms with van der Waals surface area (Å²) in [6.45, 7) is 7.70. The maximum atomic E-state index is 13.5. The Bertz CT molecular complexity index is 1030. The zero-order valence-electron chi connectivity index (χ0n) is 15.8. The summed E-state index contributed by atoms with van der Waals surface area (Å²) in [5.41, 5.74) is 1.49. The van der Waals surface area contributed by atoms with Crippen LogP contribution < -0.4 is 5.32 Å². The normalized spacial score (nSPS) is 12.5. The molecule has 2 heteroatoms. The summed E-state index contributed by atoms with van der Waals surface area (Å²) < 4.78 is 0. The summed E-state index contributed by atoms with van der Waals surface area (Å²) in [7, 11) is 0. The van der Waals surface area contributed by atoms with Crippen molar-refractivity contribution >= 4 is 22.4 Å². The number of fused-ring (bicyclic) bond motifs is 1. The zero-order chi connectivity index (χ0) is 19.3. The van der Waals surface area contributed by atoms with Crippen LogP contribution in [-0.4, -0.2) is 5.91 Å². The van der Waals surface area contributed by atoms with Gasteiger partial charge in [0.1, 0.15) is 5.41 Å². The molecular formula is C25H23NO. The molecule has 2 nitrogen and oxygen atoms in total. The Labute approximate surface area is 160 Å². The van der Waals surface area contributed by atoms with Gasteiger partial charge in [0.15, 0.2) is 0 Å². The van der Waals surface area contributed by atoms with Gasteiger partial charge in [0, 0.05) is 11.1 Å². The molecule has 0 bridgehead atoms. The maximum absolute atomic E-state index is 13.5. The second-order valence-electron chi connectivity index (χ2n) is 6.64. The van der Waals surface area contributed by atoms with Crippen molar-refractivity contribution in [2.45, 2.75) is 25.7 Å². The number of benzene rings is 3. The smallest absolute Gasteiger partial charge is 0.247 e. The number of nitrogens with one attached hydrogen (secondary N) is 1. The Morgan fingerprint density at radius 3 is 2.37 bits per heavy atom. The van der Waals surface area contributed by atoms with E-state index in [-0.39, 0.29) is 5.91 Å². The first-order valence-electron chi connectivity index (χ1n) is 9.10. The molecule has 0 heterocycles. The van der Waals surface area contributed by atoms with Crippen LogP contribution in [0.2, 0.25) is 0 Å². The number of anilines is 1. The van der Waals surface area contributed by atoms with Gasteiger partial charge in [0.25, 0.3) is 0 Å². The van der Waals surface area contributed by atoms with E-state index in [2.05, 4.69) is 23.7 Å². The summed E-state index contributed by atoms with van der Waals surface area (Å²) in [5.74, 6) is 6.12. The fraction of sp³-hybridized carbons (Fsp3) is 0.160. The van der Waals surface area contributed by atoms with Crippen molar-refractivity contribution in [3.63, 3.8) is 0 Å². The van der Waals surface area contributed by atoms with Gasteiger partial charge < -0.3 is 5.32 Å². The van der Waals surface area contributed by atoms with E-state index in [1.165, 1.54) is 0 Å². The highest BCUT2D eigenvalue weighted by atomic mass is 16.2. The van der Waals surface area contributed by atoms with Crippen molar-refractivity contribution in [1.29, 1.82) is 0 Å². The summed E-state index contributed by atoms with van der Waals surface area (Å²) in [6.07, 6.45) is 0.563. The number of rotatable bonds is 4. The lowest BCUT2D eigenvalue weighted by atomic mass is 9.77. The van der Waals surface area contributed by atoms with Gasteiger partial charge in [-0.15, -0.1) is 0 Å². The van der Waals surface area contributed by atoms with Crippen molar-refractivity contribution in [1.82, 2.24) is 0 Å². The molecule has 27 heavy (non-hydrogen) atoms. The monoisotopic (exact) mass is 353 g/mol. The maximum Gasteiger partial charge on any atom is 0.247 e. The molecule has 0 unspecified atom stereocenters. The molecule has 0 fully saturated rings. The minimum absolute atomic E-state index is 0.124. The Morgan fingerprint density at radius 2 is 1.67 bits per heavy atom. The first-order chi connectivity index (χ1) is 13.1. The van der Waals surface area contributed by atoms with Crippen molar-refractivity contribution < 1.29 is 4.79 Å². The largest absolute Gasteiger partial charge is 0.324 e. The number of hydrogen-bond donors (Lipinski definition) is 1. The number of hydrogen-bond acceptors (Lipinski definition) is 1. The quantitative estimate of drug-likeness (QED) is 0.598. The van der Waals surface area contributed by atoms with Gasteiger partial charge in [-0.05, 0) is 35.9 Å². The molecule has 0 aliphatic carbocycles. The summed E-state index contributed by atoms with van der Waals surface area (Å²) in [5, 5.41) is 5.23. The molecular weight excluding hydrogens is 330 g/mol. The molecule has 134 valence electrons. The van der Waals surface area contributed by atoms with Gasteiger partial charge in [-0.2, -0.15) is 0 Å². The molecule has 3 aromatic carbocycles. The third-order valence-corrected chi connectivity index (χ3v) is 4.71. The van der Waals surface area contributed by atoms with Crippen LogP contribution in [0.3, 0.4) is 0 Å². The lowest BCUT2D eigenvalue weighted by molar-refractivity contribution is -0.119. The van der Waals surface area contributed by atoms with Crippen LogP contribution in [0.4, 0.5) is 5.69 Å². The summed E-state index contributed by atoms with van der Waals surface area (Å²) >= 11 is 0. The van der Waals surface area contributed by atoms with E-state index in [0.717, 1.165) is 27.6 Å². The molecule has 3 rings (SSSR count). The minimum atomic E-state index is -0.933. The predicted molar refractivity (Wildman–Crippen MR) is 114 cm³/mol. The number of carbonyl (C=O) groups excluding carboxylic acids is 1. The van der Waals surface area contributed by atoms with Crippen LogP contribution >= 0.6 is 0 Å². The second-order valence-corrected chi connectivity index (χ2v) is 6.64. The average molecular weight is 353 g/mol. The second kappa shape index (κ2) is 7.93. The molecule has 1 atom stereocenters. The fourth-order valence-corrected chi connectivity index (χ4v) is 3.21. The number of amides is 1. The van der Waals surface area contributed by atoms with Crippen LogP contribution in [0.5, 0.6) is 0 Å². The third-order valence-electron chi connectivity index (χ3n) is 4.71. The van der Waals surface area contributed by atoms with Crippen molar-refractivity contribution in [3.05, 3.63) is 90.5 Å². The molecule has 0 aromatic heterocycles. The Hall–Kier alpha value is -3.31. The van der Waals surface area contributed by atoms with Crippen molar-refractivity contribution in [2.75, 3.05) is 5.32 Å². The highest BCUT2D eigenvalue weighted by molar-refractivity contribution is 6.07. The summed E-state index contributed by atoms with van der Waals surface area (Å²) in [4.78, 5) is 13.5. The topological polar surface area (TPSA) is 29.1 Å². The van der Waals surface area contributed by atoms with E-state index in [4.69, 9.17) is 0 Å². The van der Waals surface area contributed by atoms with Gasteiger partial charge in [-0.3, -0.25) is 4.79 Å². The zero-order valence-corrected chi connectivity index (χ0v) is 15.8. The van der Waals surface area contributed by atoms with Gasteiger partial charge in [-0.1, -0.05) is 92.1 Å². The van der Waals surface area contributed by atoms with E-state index < -0.39 is 5.41 Å². The molecule has 1 amide bonds. The van der Waals surface area contributed by atoms with Crippen LogP contribution in [0.1, 0.15) is 25.8 Å². The van der Waals surface area contributed by atoms with E-state index in [1.807, 2.05) is 86.6 Å². The first kappa shape index (κ1) is 18.5.